The Balaban J connectivity index is 3.21. The summed E-state index contributed by atoms with van der Waals surface area (Å²) in [5.74, 6) is 0. The van der Waals surface area contributed by atoms with Crippen molar-refractivity contribution in [3.63, 3.8) is 0 Å². The van der Waals surface area contributed by atoms with Gasteiger partial charge < -0.3 is 13.8 Å². The lowest BCUT2D eigenvalue weighted by atomic mass is 10.5. The van der Waals surface area contributed by atoms with Crippen LogP contribution >= 0.6 is 0 Å². The van der Waals surface area contributed by atoms with E-state index in [2.05, 4.69) is 4.29 Å². The molecule has 0 aromatic rings. The second-order valence-electron chi connectivity index (χ2n) is 3.02. The molecule has 10 heavy (non-hydrogen) atoms. The predicted molar refractivity (Wildman–Crippen MR) is 28.9 cm³/mol. The zero-order valence-electron chi connectivity index (χ0n) is 6.46. The molecule has 0 spiro atoms. The van der Waals surface area contributed by atoms with E-state index in [1.165, 1.54) is 0 Å². The summed E-state index contributed by atoms with van der Waals surface area (Å²) in [4.78, 5) is 0. The van der Waals surface area contributed by atoms with Crippen molar-refractivity contribution >= 4 is 0 Å². The summed E-state index contributed by atoms with van der Waals surface area (Å²) in [6.07, 6.45) is 0. The number of likely N-dealkylation sites (N-methyl/N-ethyl adjacent to an activating group) is 1. The molecule has 0 bridgehead atoms. The Labute approximate surface area is 64.0 Å². The highest BCUT2D eigenvalue weighted by molar-refractivity contribution is 4.20. The van der Waals surface area contributed by atoms with Crippen molar-refractivity contribution in [2.45, 2.75) is 0 Å². The van der Waals surface area contributed by atoms with Gasteiger partial charge in [-0.3, -0.25) is 0 Å². The van der Waals surface area contributed by atoms with E-state index in [1.807, 2.05) is 21.1 Å². The summed E-state index contributed by atoms with van der Waals surface area (Å²) in [6.45, 7) is 0.912. The first kappa shape index (κ1) is 10.1. The minimum Gasteiger partial charge on any atom is -0.329 e. The molecule has 0 saturated carbocycles. The Morgan fingerprint density at radius 1 is 1.30 bits per heavy atom. The first-order valence-corrected chi connectivity index (χ1v) is 3.84. The largest absolute Gasteiger partial charge is 0.329 e. The Morgan fingerprint density at radius 2 is 1.80 bits per heavy atom. The molecule has 0 N–H and O–H groups in total. The van der Waals surface area contributed by atoms with Crippen molar-refractivity contribution in [1.29, 1.82) is 0 Å². The van der Waals surface area contributed by atoms with E-state index >= 15 is 0 Å². The molecule has 0 aliphatic rings. The number of nitrogens with zero attached hydrogens (tertiary/aromatic N) is 1. The number of hydrogen-bond donors (Lipinski definition) is 0. The molecule has 0 aromatic heterocycles. The van der Waals surface area contributed by atoms with Gasteiger partial charge in [-0.1, -0.05) is 0 Å². The van der Waals surface area contributed by atoms with Crippen LogP contribution in [0.3, 0.4) is 0 Å². The van der Waals surface area contributed by atoms with E-state index in [-0.39, 0.29) is 6.61 Å². The van der Waals surface area contributed by atoms with Crippen LogP contribution < -0.4 is 9.32 Å². The summed E-state index contributed by atoms with van der Waals surface area (Å²) in [7, 11) is 3.84. The van der Waals surface area contributed by atoms with Gasteiger partial charge in [-0.25, -0.2) is 0 Å². The summed E-state index contributed by atoms with van der Waals surface area (Å²) in [6, 6.07) is 0. The van der Waals surface area contributed by atoms with Gasteiger partial charge in [0, 0.05) is 4.29 Å². The summed E-state index contributed by atoms with van der Waals surface area (Å²) >= 11 is 0. The molecule has 0 aliphatic heterocycles. The first-order chi connectivity index (χ1) is 4.42. The van der Waals surface area contributed by atoms with Crippen LogP contribution in [0.5, 0.6) is 0 Å². The van der Waals surface area contributed by atoms with Crippen molar-refractivity contribution in [3.05, 3.63) is 0 Å². The Hall–Kier alpha value is 0.130. The lowest BCUT2D eigenvalue weighted by molar-refractivity contribution is -1.63. The second-order valence-corrected chi connectivity index (χ2v) is 3.61. The van der Waals surface area contributed by atoms with E-state index in [0.717, 1.165) is 0 Å². The van der Waals surface area contributed by atoms with Gasteiger partial charge in [0.25, 0.3) is 10.8 Å². The third-order valence-electron chi connectivity index (χ3n) is 0.928. The molecule has 4 nitrogen and oxygen atoms in total. The molecule has 62 valence electrons. The van der Waals surface area contributed by atoms with Crippen LogP contribution in [0.25, 0.3) is 0 Å². The van der Waals surface area contributed by atoms with Gasteiger partial charge >= 0.3 is 0 Å². The van der Waals surface area contributed by atoms with Crippen molar-refractivity contribution < 1.29 is 28.9 Å². The molecule has 0 radical (unpaired) electrons. The lowest BCUT2D eigenvalue weighted by Gasteiger charge is -2.21. The number of quaternary nitrogens is 1. The smallest absolute Gasteiger partial charge is 0.285 e. The average molecular weight is 171 g/mol. The summed E-state index contributed by atoms with van der Waals surface area (Å²) in [5, 5.41) is 0. The van der Waals surface area contributed by atoms with Crippen LogP contribution in [-0.2, 0) is 4.29 Å². The third kappa shape index (κ3) is 8.13. The van der Waals surface area contributed by atoms with Crippen molar-refractivity contribution in [2.24, 2.45) is 0 Å². The highest BCUT2D eigenvalue weighted by Gasteiger charge is 2.12. The van der Waals surface area contributed by atoms with Crippen molar-refractivity contribution in [2.75, 3.05) is 34.3 Å². The van der Waals surface area contributed by atoms with Crippen LogP contribution in [0.4, 0.5) is 0 Å². The minimum atomic E-state index is -2.06. The number of hydrogen-bond acceptors (Lipinski definition) is 3. The van der Waals surface area contributed by atoms with Gasteiger partial charge in [-0.2, -0.15) is 0 Å². The molecule has 0 amide bonds. The maximum atomic E-state index is 9.82. The van der Waals surface area contributed by atoms with Crippen molar-refractivity contribution in [1.82, 2.24) is 0 Å². The maximum Gasteiger partial charge on any atom is 0.285 e. The topological polar surface area (TPSA) is 55.3 Å². The normalized spacial score (nSPS) is 12.6. The van der Waals surface area contributed by atoms with E-state index in [1.54, 1.807) is 0 Å². The van der Waals surface area contributed by atoms with Gasteiger partial charge in [0.15, 0.2) is 0 Å². The Morgan fingerprint density at radius 3 is 2.10 bits per heavy atom. The molecule has 0 saturated heterocycles. The zero-order chi connectivity index (χ0) is 8.20. The lowest BCUT2D eigenvalue weighted by Crippen LogP contribution is -2.41. The fraction of sp³-hybridized carbons (Fsp3) is 1.00. The van der Waals surface area contributed by atoms with Crippen LogP contribution in [0.1, 0.15) is 0 Å². The molecular formula is C5H13ClNO3+. The standard InChI is InChI=1S/C5H13ClNO3/c1-7(2,3)4-5-10-6(8)9/h4-5H2,1-3H3/q+1. The van der Waals surface area contributed by atoms with E-state index in [0.29, 0.717) is 11.0 Å². The quantitative estimate of drug-likeness (QED) is 0.450. The Bertz CT molecular complexity index is 91.4. The monoisotopic (exact) mass is 170 g/mol. The third-order valence-corrected chi connectivity index (χ3v) is 1.26. The molecular weight excluding hydrogens is 158 g/mol. The van der Waals surface area contributed by atoms with E-state index in [4.69, 9.17) is 0 Å². The molecule has 0 aliphatic carbocycles. The Kier molecular flexibility index (Phi) is 4.15. The molecule has 0 aromatic carbocycles. The van der Waals surface area contributed by atoms with Crippen LogP contribution in [0.2, 0.25) is 0 Å². The highest BCUT2D eigenvalue weighted by atomic mass is 35.6. The first-order valence-electron chi connectivity index (χ1n) is 2.91. The molecule has 5 heteroatoms. The van der Waals surface area contributed by atoms with Gasteiger partial charge in [-0.15, -0.1) is 0 Å². The number of rotatable bonds is 4. The SMILES string of the molecule is C[N+](C)(C)CCO[Cl+2]([O-])[O-]. The van der Waals surface area contributed by atoms with Crippen LogP contribution in [0, 0.1) is 10.8 Å². The fourth-order valence-electron chi connectivity index (χ4n) is 0.371. The van der Waals surface area contributed by atoms with Crippen molar-refractivity contribution in [3.8, 4) is 0 Å². The highest BCUT2D eigenvalue weighted by Crippen LogP contribution is 1.89. The summed E-state index contributed by atoms with van der Waals surface area (Å²) in [5.41, 5.74) is 0. The van der Waals surface area contributed by atoms with Gasteiger partial charge in [0.2, 0.25) is 6.61 Å². The van der Waals surface area contributed by atoms with Crippen LogP contribution in [0.15, 0.2) is 0 Å². The van der Waals surface area contributed by atoms with Gasteiger partial charge in [-0.05, 0) is 0 Å². The minimum absolute atomic E-state index is 0.233. The van der Waals surface area contributed by atoms with E-state index in [9.17, 15) is 9.32 Å². The predicted octanol–water partition coefficient (Wildman–Crippen LogP) is -2.20. The maximum absolute atomic E-state index is 9.82. The molecule has 0 fully saturated rings. The van der Waals surface area contributed by atoms with E-state index < -0.39 is 10.8 Å². The average Bonchev–Trinajstić information content (AvgIpc) is 1.59. The van der Waals surface area contributed by atoms with Gasteiger partial charge in [0.1, 0.15) is 6.54 Å². The number of halogens is 1. The summed E-state index contributed by atoms with van der Waals surface area (Å²) < 4.78 is 24.6. The molecule has 0 rings (SSSR count). The molecule has 0 heterocycles. The molecule has 0 unspecified atom stereocenters. The molecule has 0 atom stereocenters. The second kappa shape index (κ2) is 4.10. The van der Waals surface area contributed by atoms with Gasteiger partial charge in [0.05, 0.1) is 21.1 Å². The fourth-order valence-corrected chi connectivity index (χ4v) is 0.566. The van der Waals surface area contributed by atoms with Crippen LogP contribution in [-0.4, -0.2) is 38.8 Å². The zero-order valence-corrected chi connectivity index (χ0v) is 7.22.